The van der Waals surface area contributed by atoms with Crippen molar-refractivity contribution in [1.82, 2.24) is 10.4 Å². The van der Waals surface area contributed by atoms with Crippen LogP contribution in [0.25, 0.3) is 0 Å². The first-order valence-electron chi connectivity index (χ1n) is 9.38. The fourth-order valence-corrected chi connectivity index (χ4v) is 3.36. The van der Waals surface area contributed by atoms with Crippen LogP contribution in [0.3, 0.4) is 0 Å². The number of halogens is 1. The Labute approximate surface area is 162 Å². The molecule has 28 heavy (non-hydrogen) atoms. The number of hydrogen-bond donors (Lipinski definition) is 4. The largest absolute Gasteiger partial charge is 0.382 e. The average molecular weight is 395 g/mol. The first-order chi connectivity index (χ1) is 13.4. The highest BCUT2D eigenvalue weighted by Crippen LogP contribution is 2.25. The zero-order valence-electron chi connectivity index (χ0n) is 15.7. The summed E-state index contributed by atoms with van der Waals surface area (Å²) < 4.78 is 13.0. The predicted octanol–water partition coefficient (Wildman–Crippen LogP) is 1.43. The third kappa shape index (κ3) is 5.26. The van der Waals surface area contributed by atoms with Crippen molar-refractivity contribution in [3.05, 3.63) is 30.1 Å². The Hall–Kier alpha value is -2.52. The molecule has 2 rings (SSSR count). The number of anilines is 1. The molecule has 0 spiro atoms. The zero-order valence-corrected chi connectivity index (χ0v) is 15.7. The molecule has 1 fully saturated rings. The van der Waals surface area contributed by atoms with Gasteiger partial charge >= 0.3 is 0 Å². The van der Waals surface area contributed by atoms with Gasteiger partial charge in [-0.15, -0.1) is 0 Å². The number of rotatable bonds is 8. The Kier molecular flexibility index (Phi) is 7.89. The zero-order chi connectivity index (χ0) is 20.7. The van der Waals surface area contributed by atoms with Crippen molar-refractivity contribution in [3.63, 3.8) is 0 Å². The lowest BCUT2D eigenvalue weighted by molar-refractivity contribution is -0.152. The molecule has 0 aromatic heterocycles. The Morgan fingerprint density at radius 3 is 2.57 bits per heavy atom. The summed E-state index contributed by atoms with van der Waals surface area (Å²) in [5.41, 5.74) is 1.78. The number of likely N-dealkylation sites (tertiary alicyclic amines) is 1. The standard InChI is InChI=1S/C19H26FN3O5/c1-2-3-5-14(16(24)18(26)22-28)19(27)23-11-4-6-15(23)17(25)21-13-9-7-12(20)8-10-13/h7-10,14-16,24,28H,2-6,11H2,1H3,(H,21,25)(H,22,26)/t14-,15+,16+/m1/s1. The molecule has 0 aliphatic carbocycles. The highest BCUT2D eigenvalue weighted by molar-refractivity contribution is 5.98. The summed E-state index contributed by atoms with van der Waals surface area (Å²) >= 11 is 0. The molecule has 3 amide bonds. The van der Waals surface area contributed by atoms with Crippen LogP contribution >= 0.6 is 0 Å². The quantitative estimate of drug-likeness (QED) is 0.392. The van der Waals surface area contributed by atoms with Gasteiger partial charge in [0.05, 0.1) is 5.92 Å². The minimum Gasteiger partial charge on any atom is -0.382 e. The van der Waals surface area contributed by atoms with E-state index in [1.165, 1.54) is 34.6 Å². The van der Waals surface area contributed by atoms with Gasteiger partial charge in [-0.05, 0) is 43.5 Å². The molecule has 0 bridgehead atoms. The first kappa shape index (κ1) is 21.8. The van der Waals surface area contributed by atoms with Gasteiger partial charge in [0.1, 0.15) is 18.0 Å². The van der Waals surface area contributed by atoms with Crippen LogP contribution in [0.2, 0.25) is 0 Å². The van der Waals surface area contributed by atoms with Crippen molar-refractivity contribution in [3.8, 4) is 0 Å². The molecule has 1 aliphatic rings. The summed E-state index contributed by atoms with van der Waals surface area (Å²) in [6.07, 6.45) is 0.966. The van der Waals surface area contributed by atoms with Gasteiger partial charge in [0, 0.05) is 12.2 Å². The second-order valence-electron chi connectivity index (χ2n) is 6.86. The van der Waals surface area contributed by atoms with Gasteiger partial charge in [0.15, 0.2) is 0 Å². The minimum absolute atomic E-state index is 0.257. The highest BCUT2D eigenvalue weighted by Gasteiger charge is 2.40. The van der Waals surface area contributed by atoms with Crippen molar-refractivity contribution in [2.24, 2.45) is 5.92 Å². The average Bonchev–Trinajstić information content (AvgIpc) is 3.19. The monoisotopic (exact) mass is 395 g/mol. The van der Waals surface area contributed by atoms with E-state index in [2.05, 4.69) is 5.32 Å². The van der Waals surface area contributed by atoms with Gasteiger partial charge in [-0.1, -0.05) is 19.8 Å². The van der Waals surface area contributed by atoms with Crippen molar-refractivity contribution < 1.29 is 29.1 Å². The van der Waals surface area contributed by atoms with E-state index in [0.29, 0.717) is 31.5 Å². The second kappa shape index (κ2) is 10.1. The Bertz CT molecular complexity index is 697. The van der Waals surface area contributed by atoms with Gasteiger partial charge in [-0.3, -0.25) is 19.6 Å². The van der Waals surface area contributed by atoms with Gasteiger partial charge in [0.2, 0.25) is 11.8 Å². The molecular weight excluding hydrogens is 369 g/mol. The van der Waals surface area contributed by atoms with Crippen molar-refractivity contribution in [1.29, 1.82) is 0 Å². The molecule has 1 aliphatic heterocycles. The first-order valence-corrected chi connectivity index (χ1v) is 9.38. The maximum Gasteiger partial charge on any atom is 0.272 e. The van der Waals surface area contributed by atoms with E-state index in [4.69, 9.17) is 5.21 Å². The van der Waals surface area contributed by atoms with E-state index < -0.39 is 41.6 Å². The molecular formula is C19H26FN3O5. The van der Waals surface area contributed by atoms with Crippen LogP contribution in [-0.4, -0.2) is 51.6 Å². The molecule has 8 nitrogen and oxygen atoms in total. The molecule has 4 N–H and O–H groups in total. The van der Waals surface area contributed by atoms with Gasteiger partial charge in [-0.2, -0.15) is 0 Å². The van der Waals surface area contributed by atoms with Crippen LogP contribution in [0.5, 0.6) is 0 Å². The van der Waals surface area contributed by atoms with E-state index >= 15 is 0 Å². The van der Waals surface area contributed by atoms with Crippen LogP contribution in [0.4, 0.5) is 10.1 Å². The molecule has 0 radical (unpaired) electrons. The molecule has 154 valence electrons. The molecule has 0 unspecified atom stereocenters. The second-order valence-corrected chi connectivity index (χ2v) is 6.86. The summed E-state index contributed by atoms with van der Waals surface area (Å²) in [6, 6.07) is 4.54. The van der Waals surface area contributed by atoms with Crippen molar-refractivity contribution in [2.45, 2.75) is 51.2 Å². The number of nitrogens with zero attached hydrogens (tertiary/aromatic N) is 1. The van der Waals surface area contributed by atoms with E-state index in [-0.39, 0.29) is 6.42 Å². The van der Waals surface area contributed by atoms with Crippen LogP contribution in [0.1, 0.15) is 39.0 Å². The highest BCUT2D eigenvalue weighted by atomic mass is 19.1. The number of benzene rings is 1. The number of hydrogen-bond acceptors (Lipinski definition) is 5. The number of amides is 3. The predicted molar refractivity (Wildman–Crippen MR) is 98.7 cm³/mol. The normalized spacial score (nSPS) is 18.4. The van der Waals surface area contributed by atoms with Crippen LogP contribution in [0, 0.1) is 11.7 Å². The molecule has 1 saturated heterocycles. The molecule has 9 heteroatoms. The third-order valence-electron chi connectivity index (χ3n) is 4.90. The van der Waals surface area contributed by atoms with Crippen LogP contribution in [-0.2, 0) is 14.4 Å². The van der Waals surface area contributed by atoms with Gasteiger partial charge in [0.25, 0.3) is 5.91 Å². The molecule has 0 saturated carbocycles. The van der Waals surface area contributed by atoms with E-state index in [0.717, 1.165) is 6.42 Å². The summed E-state index contributed by atoms with van der Waals surface area (Å²) in [5, 5.41) is 21.6. The third-order valence-corrected chi connectivity index (χ3v) is 4.90. The lowest BCUT2D eigenvalue weighted by atomic mass is 9.93. The number of carbonyl (C=O) groups excluding carboxylic acids is 3. The number of nitrogens with one attached hydrogen (secondary N) is 2. The fourth-order valence-electron chi connectivity index (χ4n) is 3.36. The van der Waals surface area contributed by atoms with Crippen LogP contribution < -0.4 is 10.8 Å². The van der Waals surface area contributed by atoms with E-state index in [1.807, 2.05) is 6.92 Å². The van der Waals surface area contributed by atoms with Crippen molar-refractivity contribution in [2.75, 3.05) is 11.9 Å². The summed E-state index contributed by atoms with van der Waals surface area (Å²) in [4.78, 5) is 38.6. The Balaban J connectivity index is 2.12. The Morgan fingerprint density at radius 1 is 1.29 bits per heavy atom. The minimum atomic E-state index is -1.70. The smallest absolute Gasteiger partial charge is 0.272 e. The summed E-state index contributed by atoms with van der Waals surface area (Å²) in [7, 11) is 0. The van der Waals surface area contributed by atoms with Gasteiger partial charge < -0.3 is 15.3 Å². The lowest BCUT2D eigenvalue weighted by Gasteiger charge is -2.30. The SMILES string of the molecule is CCCC[C@@H](C(=O)N1CCC[C@H]1C(=O)Nc1ccc(F)cc1)[C@H](O)C(=O)NO. The van der Waals surface area contributed by atoms with Gasteiger partial charge in [-0.25, -0.2) is 9.87 Å². The summed E-state index contributed by atoms with van der Waals surface area (Å²) in [6.45, 7) is 2.24. The topological polar surface area (TPSA) is 119 Å². The molecule has 3 atom stereocenters. The van der Waals surface area contributed by atoms with E-state index in [1.54, 1.807) is 0 Å². The number of unbranched alkanes of at least 4 members (excludes halogenated alkanes) is 1. The van der Waals surface area contributed by atoms with Crippen molar-refractivity contribution >= 4 is 23.4 Å². The molecule has 1 heterocycles. The lowest BCUT2D eigenvalue weighted by Crippen LogP contribution is -2.50. The summed E-state index contributed by atoms with van der Waals surface area (Å²) in [5.74, 6) is -3.44. The number of carbonyl (C=O) groups is 3. The van der Waals surface area contributed by atoms with Crippen LogP contribution in [0.15, 0.2) is 24.3 Å². The number of hydroxylamine groups is 1. The Morgan fingerprint density at radius 2 is 1.96 bits per heavy atom. The molecule has 1 aromatic carbocycles. The maximum absolute atomic E-state index is 13.0. The number of aliphatic hydroxyl groups excluding tert-OH is 1. The van der Waals surface area contributed by atoms with E-state index in [9.17, 15) is 23.9 Å². The number of aliphatic hydroxyl groups is 1. The fraction of sp³-hybridized carbons (Fsp3) is 0.526. The maximum atomic E-state index is 13.0. The molecule has 1 aromatic rings.